The second-order valence-electron chi connectivity index (χ2n) is 4.61. The van der Waals surface area contributed by atoms with Gasteiger partial charge in [0, 0.05) is 16.1 Å². The molecule has 0 spiro atoms. The molecule has 1 fully saturated rings. The Morgan fingerprint density at radius 3 is 2.61 bits per heavy atom. The minimum absolute atomic E-state index is 0.106. The Bertz CT molecular complexity index is 445. The van der Waals surface area contributed by atoms with E-state index in [1.807, 2.05) is 0 Å². The fourth-order valence-corrected chi connectivity index (χ4v) is 2.55. The molecule has 1 aliphatic rings. The third-order valence-electron chi connectivity index (χ3n) is 3.21. The fourth-order valence-electron chi connectivity index (χ4n) is 2.13. The molecule has 0 saturated heterocycles. The molecular formula is C13H15BrClNO2. The van der Waals surface area contributed by atoms with E-state index in [-0.39, 0.29) is 18.1 Å². The predicted octanol–water partition coefficient (Wildman–Crippen LogP) is 3.14. The van der Waals surface area contributed by atoms with Gasteiger partial charge in [0.25, 0.3) is 5.91 Å². The molecule has 5 heteroatoms. The molecule has 1 aliphatic carbocycles. The topological polar surface area (TPSA) is 49.3 Å². The minimum Gasteiger partial charge on any atom is -0.393 e. The van der Waals surface area contributed by atoms with Crippen molar-refractivity contribution in [1.82, 2.24) is 5.32 Å². The molecule has 98 valence electrons. The highest BCUT2D eigenvalue weighted by Crippen LogP contribution is 2.24. The van der Waals surface area contributed by atoms with Crippen molar-refractivity contribution in [2.75, 3.05) is 0 Å². The molecule has 0 aromatic heterocycles. The van der Waals surface area contributed by atoms with Gasteiger partial charge in [0.05, 0.1) is 11.1 Å². The Morgan fingerprint density at radius 2 is 2.00 bits per heavy atom. The van der Waals surface area contributed by atoms with Crippen LogP contribution in [0.1, 0.15) is 36.0 Å². The lowest BCUT2D eigenvalue weighted by Crippen LogP contribution is -2.38. The van der Waals surface area contributed by atoms with Gasteiger partial charge in [-0.2, -0.15) is 0 Å². The van der Waals surface area contributed by atoms with E-state index in [1.54, 1.807) is 18.2 Å². The van der Waals surface area contributed by atoms with Crippen LogP contribution in [0.4, 0.5) is 0 Å². The van der Waals surface area contributed by atoms with Crippen LogP contribution in [0.25, 0.3) is 0 Å². The van der Waals surface area contributed by atoms with Gasteiger partial charge >= 0.3 is 0 Å². The van der Waals surface area contributed by atoms with Gasteiger partial charge in [-0.05, 0) is 59.8 Å². The molecule has 1 amide bonds. The van der Waals surface area contributed by atoms with Crippen molar-refractivity contribution < 1.29 is 9.90 Å². The number of amides is 1. The normalized spacial score (nSPS) is 23.7. The van der Waals surface area contributed by atoms with Crippen molar-refractivity contribution >= 4 is 33.4 Å². The number of aliphatic hydroxyl groups excluding tert-OH is 1. The molecule has 1 aromatic carbocycles. The number of benzene rings is 1. The number of halogens is 2. The van der Waals surface area contributed by atoms with Gasteiger partial charge in [-0.3, -0.25) is 4.79 Å². The van der Waals surface area contributed by atoms with Gasteiger partial charge in [0.1, 0.15) is 0 Å². The molecule has 0 bridgehead atoms. The maximum Gasteiger partial charge on any atom is 0.251 e. The second kappa shape index (κ2) is 6.04. The van der Waals surface area contributed by atoms with E-state index in [0.717, 1.165) is 30.2 Å². The van der Waals surface area contributed by atoms with Crippen LogP contribution in [0.3, 0.4) is 0 Å². The number of aliphatic hydroxyl groups is 1. The van der Waals surface area contributed by atoms with Crippen molar-refractivity contribution in [3.63, 3.8) is 0 Å². The quantitative estimate of drug-likeness (QED) is 0.874. The summed E-state index contributed by atoms with van der Waals surface area (Å²) in [4.78, 5) is 12.0. The highest BCUT2D eigenvalue weighted by atomic mass is 79.9. The van der Waals surface area contributed by atoms with Gasteiger partial charge in [-0.15, -0.1) is 0 Å². The van der Waals surface area contributed by atoms with Gasteiger partial charge in [-0.25, -0.2) is 0 Å². The molecule has 0 atom stereocenters. The van der Waals surface area contributed by atoms with Crippen LogP contribution in [0.5, 0.6) is 0 Å². The number of nitrogens with one attached hydrogen (secondary N) is 1. The monoisotopic (exact) mass is 331 g/mol. The summed E-state index contributed by atoms with van der Waals surface area (Å²) < 4.78 is 0.779. The molecule has 0 unspecified atom stereocenters. The van der Waals surface area contributed by atoms with Crippen molar-refractivity contribution in [3.8, 4) is 0 Å². The molecule has 3 nitrogen and oxygen atoms in total. The standard InChI is InChI=1S/C13H15BrClNO2/c14-11-6-1-8(7-12(11)15)13(18)16-9-2-4-10(17)5-3-9/h1,6-7,9-10,17H,2-5H2,(H,16,18). The molecule has 1 aromatic rings. The maximum atomic E-state index is 12.0. The lowest BCUT2D eigenvalue weighted by molar-refractivity contribution is 0.0867. The van der Waals surface area contributed by atoms with Crippen LogP contribution < -0.4 is 5.32 Å². The van der Waals surface area contributed by atoms with Crippen LogP contribution in [-0.4, -0.2) is 23.2 Å². The van der Waals surface area contributed by atoms with E-state index in [4.69, 9.17) is 11.6 Å². The smallest absolute Gasteiger partial charge is 0.251 e. The third-order valence-corrected chi connectivity index (χ3v) is 4.45. The first kappa shape index (κ1) is 13.8. The summed E-state index contributed by atoms with van der Waals surface area (Å²) in [6, 6.07) is 5.31. The SMILES string of the molecule is O=C(NC1CCC(O)CC1)c1ccc(Br)c(Cl)c1. The van der Waals surface area contributed by atoms with Crippen LogP contribution in [0.2, 0.25) is 5.02 Å². The Kier molecular flexibility index (Phi) is 4.65. The highest BCUT2D eigenvalue weighted by Gasteiger charge is 2.21. The Labute approximate surface area is 120 Å². The third kappa shape index (κ3) is 3.46. The molecule has 0 aliphatic heterocycles. The van der Waals surface area contributed by atoms with Gasteiger partial charge < -0.3 is 10.4 Å². The van der Waals surface area contributed by atoms with Gasteiger partial charge in [0.15, 0.2) is 0 Å². The second-order valence-corrected chi connectivity index (χ2v) is 5.87. The number of hydrogen-bond donors (Lipinski definition) is 2. The summed E-state index contributed by atoms with van der Waals surface area (Å²) in [5, 5.41) is 12.9. The first-order chi connectivity index (χ1) is 8.56. The van der Waals surface area contributed by atoms with Crippen LogP contribution in [0, 0.1) is 0 Å². The molecule has 2 rings (SSSR count). The first-order valence-electron chi connectivity index (χ1n) is 6.00. The minimum atomic E-state index is -0.208. The average molecular weight is 333 g/mol. The highest BCUT2D eigenvalue weighted by molar-refractivity contribution is 9.10. The van der Waals surface area contributed by atoms with Crippen LogP contribution >= 0.6 is 27.5 Å². The molecule has 0 radical (unpaired) electrons. The van der Waals surface area contributed by atoms with Crippen LogP contribution in [0.15, 0.2) is 22.7 Å². The van der Waals surface area contributed by atoms with E-state index in [2.05, 4.69) is 21.2 Å². The average Bonchev–Trinajstić information content (AvgIpc) is 2.35. The zero-order valence-corrected chi connectivity index (χ0v) is 12.2. The summed E-state index contributed by atoms with van der Waals surface area (Å²) in [5.74, 6) is -0.106. The number of carbonyl (C=O) groups excluding carboxylic acids is 1. The van der Waals surface area contributed by atoms with Crippen LogP contribution in [-0.2, 0) is 0 Å². The largest absolute Gasteiger partial charge is 0.393 e. The Hall–Kier alpha value is -0.580. The fraction of sp³-hybridized carbons (Fsp3) is 0.462. The predicted molar refractivity (Wildman–Crippen MR) is 74.9 cm³/mol. The van der Waals surface area contributed by atoms with Crippen molar-refractivity contribution in [2.45, 2.75) is 37.8 Å². The van der Waals surface area contributed by atoms with Crippen molar-refractivity contribution in [2.24, 2.45) is 0 Å². The van der Waals surface area contributed by atoms with E-state index in [9.17, 15) is 9.90 Å². The molecule has 2 N–H and O–H groups in total. The molecule has 18 heavy (non-hydrogen) atoms. The Morgan fingerprint density at radius 1 is 1.33 bits per heavy atom. The van der Waals surface area contributed by atoms with E-state index in [1.165, 1.54) is 0 Å². The van der Waals surface area contributed by atoms with E-state index < -0.39 is 0 Å². The molecule has 1 saturated carbocycles. The summed E-state index contributed by atoms with van der Waals surface area (Å²) in [5.41, 5.74) is 0.564. The van der Waals surface area contributed by atoms with Gasteiger partial charge in [0.2, 0.25) is 0 Å². The van der Waals surface area contributed by atoms with E-state index in [0.29, 0.717) is 10.6 Å². The van der Waals surface area contributed by atoms with Gasteiger partial charge in [-0.1, -0.05) is 11.6 Å². The molecular weight excluding hydrogens is 318 g/mol. The lowest BCUT2D eigenvalue weighted by atomic mass is 9.93. The number of carbonyl (C=O) groups is 1. The summed E-state index contributed by atoms with van der Waals surface area (Å²) >= 11 is 9.25. The lowest BCUT2D eigenvalue weighted by Gasteiger charge is -2.26. The zero-order chi connectivity index (χ0) is 13.1. The van der Waals surface area contributed by atoms with E-state index >= 15 is 0 Å². The maximum absolute atomic E-state index is 12.0. The summed E-state index contributed by atoms with van der Waals surface area (Å²) in [6.07, 6.45) is 2.96. The number of hydrogen-bond acceptors (Lipinski definition) is 2. The van der Waals surface area contributed by atoms with Crippen molar-refractivity contribution in [3.05, 3.63) is 33.3 Å². The van der Waals surface area contributed by atoms with Crippen molar-refractivity contribution in [1.29, 1.82) is 0 Å². The molecule has 0 heterocycles. The summed E-state index contributed by atoms with van der Waals surface area (Å²) in [7, 11) is 0. The first-order valence-corrected chi connectivity index (χ1v) is 7.17. The zero-order valence-electron chi connectivity index (χ0n) is 9.83. The Balaban J connectivity index is 1.97. The summed E-state index contributed by atoms with van der Waals surface area (Å²) in [6.45, 7) is 0. The number of rotatable bonds is 2.